The van der Waals surface area contributed by atoms with Crippen LogP contribution < -0.4 is 0 Å². The molecule has 0 fully saturated rings. The maximum atomic E-state index is 10.4. The second-order valence-corrected chi connectivity index (χ2v) is 5.80. The van der Waals surface area contributed by atoms with Gasteiger partial charge in [0.1, 0.15) is 23.0 Å². The van der Waals surface area contributed by atoms with Gasteiger partial charge in [-0.05, 0) is 70.1 Å². The second-order valence-electron chi connectivity index (χ2n) is 5.80. The molecule has 4 aromatic carbocycles. The molecule has 0 aliphatic rings. The van der Waals surface area contributed by atoms with Crippen LogP contribution in [0.15, 0.2) is 60.7 Å². The molecule has 4 rings (SSSR count). The monoisotopic (exact) mass is 318 g/mol. The third kappa shape index (κ3) is 2.25. The van der Waals surface area contributed by atoms with Crippen molar-refractivity contribution in [3.05, 3.63) is 60.7 Å². The summed E-state index contributed by atoms with van der Waals surface area (Å²) < 4.78 is 0. The predicted octanol–water partition coefficient (Wildman–Crippen LogP) is 4.48. The van der Waals surface area contributed by atoms with Crippen molar-refractivity contribution in [2.75, 3.05) is 0 Å². The number of rotatable bonds is 1. The van der Waals surface area contributed by atoms with Gasteiger partial charge in [0.15, 0.2) is 0 Å². The van der Waals surface area contributed by atoms with Crippen LogP contribution in [-0.4, -0.2) is 20.4 Å². The summed E-state index contributed by atoms with van der Waals surface area (Å²) in [6.45, 7) is 0. The lowest BCUT2D eigenvalue weighted by Crippen LogP contribution is -1.84. The van der Waals surface area contributed by atoms with Gasteiger partial charge in [0.2, 0.25) is 0 Å². The molecule has 0 saturated heterocycles. The Hall–Kier alpha value is -3.40. The molecule has 0 bridgehead atoms. The summed E-state index contributed by atoms with van der Waals surface area (Å²) >= 11 is 0. The average Bonchev–Trinajstić information content (AvgIpc) is 2.53. The van der Waals surface area contributed by atoms with E-state index in [1.54, 1.807) is 60.7 Å². The van der Waals surface area contributed by atoms with Gasteiger partial charge in [-0.1, -0.05) is 12.1 Å². The van der Waals surface area contributed by atoms with Gasteiger partial charge in [-0.25, -0.2) is 0 Å². The first kappa shape index (κ1) is 14.2. The van der Waals surface area contributed by atoms with E-state index in [0.717, 1.165) is 10.8 Å². The van der Waals surface area contributed by atoms with Crippen LogP contribution in [0.25, 0.3) is 32.7 Å². The van der Waals surface area contributed by atoms with Gasteiger partial charge in [-0.2, -0.15) is 0 Å². The molecule has 0 spiro atoms. The Balaban J connectivity index is 1.98. The molecule has 4 heteroatoms. The topological polar surface area (TPSA) is 80.9 Å². The number of hydrogen-bond donors (Lipinski definition) is 4. The lowest BCUT2D eigenvalue weighted by molar-refractivity contribution is 0.469. The summed E-state index contributed by atoms with van der Waals surface area (Å²) in [5, 5.41) is 42.9. The van der Waals surface area contributed by atoms with Gasteiger partial charge in [0.05, 0.1) is 0 Å². The zero-order valence-electron chi connectivity index (χ0n) is 12.6. The summed E-state index contributed by atoms with van der Waals surface area (Å²) in [4.78, 5) is 0. The molecule has 118 valence electrons. The van der Waals surface area contributed by atoms with E-state index >= 15 is 0 Å². The maximum Gasteiger partial charge on any atom is 0.124 e. The Morgan fingerprint density at radius 1 is 0.417 bits per heavy atom. The first-order valence-corrected chi connectivity index (χ1v) is 7.43. The quantitative estimate of drug-likeness (QED) is 0.417. The number of fused-ring (bicyclic) bond motifs is 2. The SMILES string of the molecule is Oc1ccc2cc(-c3cc4ccc(O)cc4cc3O)c(O)cc2c1. The molecule has 4 N–H and O–H groups in total. The van der Waals surface area contributed by atoms with Gasteiger partial charge >= 0.3 is 0 Å². The van der Waals surface area contributed by atoms with Crippen LogP contribution >= 0.6 is 0 Å². The summed E-state index contributed by atoms with van der Waals surface area (Å²) in [5.41, 5.74) is 1.00. The summed E-state index contributed by atoms with van der Waals surface area (Å²) in [5.74, 6) is 0.286. The Kier molecular flexibility index (Phi) is 3.00. The first-order chi connectivity index (χ1) is 11.5. The van der Waals surface area contributed by atoms with Crippen LogP contribution in [0.3, 0.4) is 0 Å². The van der Waals surface area contributed by atoms with Crippen molar-refractivity contribution in [3.63, 3.8) is 0 Å². The van der Waals surface area contributed by atoms with Gasteiger partial charge < -0.3 is 20.4 Å². The fraction of sp³-hybridized carbons (Fsp3) is 0. The van der Waals surface area contributed by atoms with E-state index in [1.807, 2.05) is 0 Å². The van der Waals surface area contributed by atoms with Crippen molar-refractivity contribution in [2.45, 2.75) is 0 Å². The molecule has 4 aromatic rings. The van der Waals surface area contributed by atoms with Crippen molar-refractivity contribution in [2.24, 2.45) is 0 Å². The lowest BCUT2D eigenvalue weighted by atomic mass is 9.96. The molecular formula is C20H14O4. The van der Waals surface area contributed by atoms with E-state index in [4.69, 9.17) is 0 Å². The summed E-state index contributed by atoms with van der Waals surface area (Å²) in [7, 11) is 0. The Bertz CT molecular complexity index is 1010. The van der Waals surface area contributed by atoms with Crippen molar-refractivity contribution < 1.29 is 20.4 Å². The molecule has 0 heterocycles. The molecule has 0 amide bonds. The van der Waals surface area contributed by atoms with E-state index < -0.39 is 0 Å². The van der Waals surface area contributed by atoms with E-state index in [0.29, 0.717) is 21.9 Å². The molecular weight excluding hydrogens is 304 g/mol. The van der Waals surface area contributed by atoms with E-state index in [2.05, 4.69) is 0 Å². The highest BCUT2D eigenvalue weighted by atomic mass is 16.3. The minimum absolute atomic E-state index is 0.0153. The zero-order valence-corrected chi connectivity index (χ0v) is 12.6. The molecule has 0 atom stereocenters. The Labute approximate surface area is 137 Å². The minimum atomic E-state index is 0.0153. The number of hydrogen-bond acceptors (Lipinski definition) is 4. The summed E-state index contributed by atoms with van der Waals surface area (Å²) in [6, 6.07) is 16.5. The number of aromatic hydroxyl groups is 4. The third-order valence-corrected chi connectivity index (χ3v) is 4.17. The molecule has 24 heavy (non-hydrogen) atoms. The minimum Gasteiger partial charge on any atom is -0.508 e. The first-order valence-electron chi connectivity index (χ1n) is 7.43. The highest BCUT2D eigenvalue weighted by molar-refractivity contribution is 5.96. The highest BCUT2D eigenvalue weighted by Gasteiger charge is 2.12. The molecule has 4 nitrogen and oxygen atoms in total. The molecule has 0 saturated carbocycles. The van der Waals surface area contributed by atoms with Crippen molar-refractivity contribution >= 4 is 21.5 Å². The van der Waals surface area contributed by atoms with Crippen molar-refractivity contribution in [3.8, 4) is 34.1 Å². The fourth-order valence-electron chi connectivity index (χ4n) is 2.98. The Morgan fingerprint density at radius 3 is 1.25 bits per heavy atom. The van der Waals surface area contributed by atoms with Gasteiger partial charge in [0, 0.05) is 11.1 Å². The smallest absolute Gasteiger partial charge is 0.124 e. The Morgan fingerprint density at radius 2 is 0.833 bits per heavy atom. The van der Waals surface area contributed by atoms with Gasteiger partial charge in [0.25, 0.3) is 0 Å². The fourth-order valence-corrected chi connectivity index (χ4v) is 2.98. The van der Waals surface area contributed by atoms with Crippen LogP contribution in [0.2, 0.25) is 0 Å². The molecule has 0 aliphatic carbocycles. The third-order valence-electron chi connectivity index (χ3n) is 4.17. The number of phenolic OH excluding ortho intramolecular Hbond substituents is 4. The number of benzene rings is 4. The summed E-state index contributed by atoms with van der Waals surface area (Å²) in [6.07, 6.45) is 0. The number of phenols is 4. The maximum absolute atomic E-state index is 10.4. The predicted molar refractivity (Wildman–Crippen MR) is 93.5 cm³/mol. The van der Waals surface area contributed by atoms with Crippen LogP contribution in [0.1, 0.15) is 0 Å². The lowest BCUT2D eigenvalue weighted by Gasteiger charge is -2.11. The molecule has 0 aromatic heterocycles. The van der Waals surface area contributed by atoms with Crippen LogP contribution in [0, 0.1) is 0 Å². The second kappa shape index (κ2) is 5.06. The largest absolute Gasteiger partial charge is 0.508 e. The van der Waals surface area contributed by atoms with Crippen LogP contribution in [0.5, 0.6) is 23.0 Å². The van der Waals surface area contributed by atoms with Gasteiger partial charge in [-0.15, -0.1) is 0 Å². The zero-order chi connectivity index (χ0) is 16.8. The van der Waals surface area contributed by atoms with Crippen molar-refractivity contribution in [1.82, 2.24) is 0 Å². The molecule has 0 unspecified atom stereocenters. The molecule has 0 radical (unpaired) electrons. The normalized spacial score (nSPS) is 11.2. The standard InChI is InChI=1S/C20H14O4/c21-15-3-1-11-7-17(19(23)9-13(11)5-15)18-8-12-2-4-16(22)6-14(12)10-20(18)24/h1-10,21-24H. The van der Waals surface area contributed by atoms with E-state index in [-0.39, 0.29) is 23.0 Å². The van der Waals surface area contributed by atoms with Gasteiger partial charge in [-0.3, -0.25) is 0 Å². The molecule has 0 aliphatic heterocycles. The van der Waals surface area contributed by atoms with Crippen LogP contribution in [-0.2, 0) is 0 Å². The highest BCUT2D eigenvalue weighted by Crippen LogP contribution is 2.40. The van der Waals surface area contributed by atoms with E-state index in [9.17, 15) is 20.4 Å². The van der Waals surface area contributed by atoms with Crippen molar-refractivity contribution in [1.29, 1.82) is 0 Å². The average molecular weight is 318 g/mol. The van der Waals surface area contributed by atoms with E-state index in [1.165, 1.54) is 0 Å². The van der Waals surface area contributed by atoms with Crippen LogP contribution in [0.4, 0.5) is 0 Å².